The molecule has 1 aromatic carbocycles. The zero-order valence-electron chi connectivity index (χ0n) is 18.8. The number of benzene rings is 1. The lowest BCUT2D eigenvalue weighted by Gasteiger charge is -2.15. The van der Waals surface area contributed by atoms with Crippen LogP contribution in [0.15, 0.2) is 17.7 Å². The fourth-order valence-corrected chi connectivity index (χ4v) is 4.09. The van der Waals surface area contributed by atoms with Gasteiger partial charge in [-0.15, -0.1) is 0 Å². The summed E-state index contributed by atoms with van der Waals surface area (Å²) in [5, 5.41) is 4.94. The van der Waals surface area contributed by atoms with Crippen molar-refractivity contribution in [3.05, 3.63) is 50.7 Å². The second-order valence-corrected chi connectivity index (χ2v) is 10.2. The molecule has 0 aliphatic rings. The van der Waals surface area contributed by atoms with Crippen LogP contribution >= 0.6 is 11.6 Å². The minimum absolute atomic E-state index is 0.0523. The van der Waals surface area contributed by atoms with Gasteiger partial charge in [0.05, 0.1) is 11.9 Å². The average Bonchev–Trinajstić information content (AvgIpc) is 2.86. The van der Waals surface area contributed by atoms with Crippen LogP contribution in [0.25, 0.3) is 5.57 Å². The fourth-order valence-electron chi connectivity index (χ4n) is 3.29. The molecular formula is C22H29ClN2O4S. The number of hydrogen-bond acceptors (Lipinski definition) is 5. The third-order valence-corrected chi connectivity index (χ3v) is 5.64. The Labute approximate surface area is 184 Å². The Bertz CT molecular complexity index is 1120. The van der Waals surface area contributed by atoms with Crippen LogP contribution in [-0.4, -0.2) is 30.2 Å². The number of ketones is 1. The molecule has 6 nitrogen and oxygen atoms in total. The van der Waals surface area contributed by atoms with Crippen LogP contribution in [0.2, 0.25) is 5.02 Å². The van der Waals surface area contributed by atoms with Crippen molar-refractivity contribution in [1.29, 1.82) is 0 Å². The van der Waals surface area contributed by atoms with E-state index in [0.717, 1.165) is 28.5 Å². The standard InChI is InChI=1S/C22H29ClN2O4S/c1-12(2)11-25-22(29-30(8,27)28)20(16(7)24-25)21(26)17-9-10-18(23)19(15(17)6)14(5)13(3)4/h9-10,12H,11H2,1-8H3. The lowest BCUT2D eigenvalue weighted by molar-refractivity contribution is 0.103. The van der Waals surface area contributed by atoms with Gasteiger partial charge in [0.2, 0.25) is 11.7 Å². The van der Waals surface area contributed by atoms with Crippen molar-refractivity contribution < 1.29 is 17.4 Å². The highest BCUT2D eigenvalue weighted by Gasteiger charge is 2.28. The van der Waals surface area contributed by atoms with Gasteiger partial charge in [0.1, 0.15) is 5.56 Å². The number of rotatable bonds is 7. The summed E-state index contributed by atoms with van der Waals surface area (Å²) in [6.07, 6.45) is 0.952. The summed E-state index contributed by atoms with van der Waals surface area (Å²) in [6.45, 7) is 13.8. The molecule has 0 atom stereocenters. The Morgan fingerprint density at radius 2 is 1.77 bits per heavy atom. The number of hydrogen-bond donors (Lipinski definition) is 0. The van der Waals surface area contributed by atoms with Crippen LogP contribution < -0.4 is 4.18 Å². The van der Waals surface area contributed by atoms with Gasteiger partial charge in [-0.05, 0) is 69.4 Å². The van der Waals surface area contributed by atoms with E-state index in [9.17, 15) is 13.2 Å². The smallest absolute Gasteiger partial charge is 0.307 e. The number of halogens is 1. The van der Waals surface area contributed by atoms with E-state index < -0.39 is 10.1 Å². The summed E-state index contributed by atoms with van der Waals surface area (Å²) < 4.78 is 30.5. The predicted molar refractivity (Wildman–Crippen MR) is 121 cm³/mol. The number of nitrogens with zero attached hydrogens (tertiary/aromatic N) is 2. The Hall–Kier alpha value is -2.12. The van der Waals surface area contributed by atoms with Crippen molar-refractivity contribution in [2.24, 2.45) is 5.92 Å². The van der Waals surface area contributed by atoms with E-state index in [2.05, 4.69) is 5.10 Å². The van der Waals surface area contributed by atoms with Crippen LogP contribution in [0, 0.1) is 19.8 Å². The van der Waals surface area contributed by atoms with Gasteiger partial charge in [-0.2, -0.15) is 13.5 Å². The molecule has 0 fully saturated rings. The highest BCUT2D eigenvalue weighted by atomic mass is 35.5. The SMILES string of the molecule is CC(C)=C(C)c1c(Cl)ccc(C(=O)c2c(C)nn(CC(C)C)c2OS(C)(=O)=O)c1C. The van der Waals surface area contributed by atoms with Crippen LogP contribution in [-0.2, 0) is 16.7 Å². The van der Waals surface area contributed by atoms with E-state index in [4.69, 9.17) is 15.8 Å². The van der Waals surface area contributed by atoms with Gasteiger partial charge >= 0.3 is 10.1 Å². The second kappa shape index (κ2) is 8.94. The molecule has 0 amide bonds. The van der Waals surface area contributed by atoms with Gasteiger partial charge in [0.25, 0.3) is 0 Å². The summed E-state index contributed by atoms with van der Waals surface area (Å²) in [7, 11) is -3.85. The van der Waals surface area contributed by atoms with Crippen LogP contribution in [0.1, 0.15) is 67.4 Å². The maximum Gasteiger partial charge on any atom is 0.307 e. The van der Waals surface area contributed by atoms with E-state index in [1.807, 2.05) is 41.5 Å². The molecule has 164 valence electrons. The monoisotopic (exact) mass is 452 g/mol. The largest absolute Gasteiger partial charge is 0.361 e. The number of carbonyl (C=O) groups is 1. The Morgan fingerprint density at radius 1 is 1.17 bits per heavy atom. The third kappa shape index (κ3) is 5.13. The third-order valence-electron chi connectivity index (χ3n) is 4.86. The normalized spacial score (nSPS) is 11.7. The molecule has 1 aromatic heterocycles. The lowest BCUT2D eigenvalue weighted by atomic mass is 9.91. The molecule has 0 spiro atoms. The van der Waals surface area contributed by atoms with Crippen LogP contribution in [0.5, 0.6) is 5.88 Å². The number of aromatic nitrogens is 2. The molecule has 0 N–H and O–H groups in total. The van der Waals surface area contributed by atoms with E-state index in [0.29, 0.717) is 22.8 Å². The first-order valence-electron chi connectivity index (χ1n) is 9.69. The first-order chi connectivity index (χ1) is 13.7. The average molecular weight is 453 g/mol. The zero-order chi connectivity index (χ0) is 23.0. The quantitative estimate of drug-likeness (QED) is 0.426. The van der Waals surface area contributed by atoms with Gasteiger partial charge in [0.15, 0.2) is 0 Å². The van der Waals surface area contributed by atoms with Crippen molar-refractivity contribution >= 4 is 33.1 Å². The Balaban J connectivity index is 2.74. The van der Waals surface area contributed by atoms with Crippen molar-refractivity contribution in [1.82, 2.24) is 9.78 Å². The maximum absolute atomic E-state index is 13.6. The molecule has 0 aliphatic heterocycles. The molecule has 0 unspecified atom stereocenters. The summed E-state index contributed by atoms with van der Waals surface area (Å²) in [6, 6.07) is 3.35. The summed E-state index contributed by atoms with van der Waals surface area (Å²) in [5.41, 5.74) is 4.61. The van der Waals surface area contributed by atoms with Crippen molar-refractivity contribution in [3.8, 4) is 5.88 Å². The van der Waals surface area contributed by atoms with Gasteiger partial charge in [-0.1, -0.05) is 31.0 Å². The molecule has 0 saturated carbocycles. The van der Waals surface area contributed by atoms with E-state index in [1.165, 1.54) is 4.68 Å². The minimum Gasteiger partial charge on any atom is -0.361 e. The van der Waals surface area contributed by atoms with Gasteiger partial charge < -0.3 is 4.18 Å². The van der Waals surface area contributed by atoms with E-state index >= 15 is 0 Å². The highest BCUT2D eigenvalue weighted by Crippen LogP contribution is 2.34. The second-order valence-electron chi connectivity index (χ2n) is 8.18. The van der Waals surface area contributed by atoms with Crippen LogP contribution in [0.3, 0.4) is 0 Å². The van der Waals surface area contributed by atoms with Gasteiger partial charge in [-0.25, -0.2) is 4.68 Å². The molecule has 0 bridgehead atoms. The minimum atomic E-state index is -3.85. The maximum atomic E-state index is 13.6. The zero-order valence-corrected chi connectivity index (χ0v) is 20.3. The molecule has 0 aliphatic carbocycles. The molecule has 1 heterocycles. The highest BCUT2D eigenvalue weighted by molar-refractivity contribution is 7.86. The first-order valence-corrected chi connectivity index (χ1v) is 11.9. The van der Waals surface area contributed by atoms with Crippen LogP contribution in [0.4, 0.5) is 0 Å². The molecule has 0 saturated heterocycles. The number of carbonyl (C=O) groups excluding carboxylic acids is 1. The fraction of sp³-hybridized carbons (Fsp3) is 0.455. The topological polar surface area (TPSA) is 78.3 Å². The number of allylic oxidation sites excluding steroid dienone is 2. The summed E-state index contributed by atoms with van der Waals surface area (Å²) in [4.78, 5) is 13.6. The molecule has 0 radical (unpaired) electrons. The van der Waals surface area contributed by atoms with Crippen molar-refractivity contribution in [2.45, 2.75) is 55.0 Å². The van der Waals surface area contributed by atoms with E-state index in [-0.39, 0.29) is 23.1 Å². The Kier molecular flexibility index (Phi) is 7.20. The van der Waals surface area contributed by atoms with Gasteiger partial charge in [0, 0.05) is 17.1 Å². The number of aryl methyl sites for hydroxylation is 1. The first kappa shape index (κ1) is 24.2. The molecule has 2 rings (SSSR count). The molecular weight excluding hydrogens is 424 g/mol. The summed E-state index contributed by atoms with van der Waals surface area (Å²) >= 11 is 6.44. The predicted octanol–water partition coefficient (Wildman–Crippen LogP) is 5.19. The summed E-state index contributed by atoms with van der Waals surface area (Å²) in [5.74, 6) is -0.222. The molecule has 30 heavy (non-hydrogen) atoms. The lowest BCUT2D eigenvalue weighted by Crippen LogP contribution is -2.16. The molecule has 8 heteroatoms. The van der Waals surface area contributed by atoms with E-state index in [1.54, 1.807) is 19.1 Å². The van der Waals surface area contributed by atoms with Crippen molar-refractivity contribution in [2.75, 3.05) is 6.26 Å². The van der Waals surface area contributed by atoms with Gasteiger partial charge in [-0.3, -0.25) is 4.79 Å². The van der Waals surface area contributed by atoms with Crippen molar-refractivity contribution in [3.63, 3.8) is 0 Å². The molecule has 2 aromatic rings. The Morgan fingerprint density at radius 3 is 2.27 bits per heavy atom.